The van der Waals surface area contributed by atoms with Gasteiger partial charge in [0.05, 0.1) is 0 Å². The first-order chi connectivity index (χ1) is 6.96. The highest BCUT2D eigenvalue weighted by Gasteiger charge is 2.55. The van der Waals surface area contributed by atoms with Crippen LogP contribution in [0.3, 0.4) is 0 Å². The maximum Gasteiger partial charge on any atom is 0.323 e. The van der Waals surface area contributed by atoms with Gasteiger partial charge in [0.15, 0.2) is 0 Å². The Balaban J connectivity index is 2.24. The van der Waals surface area contributed by atoms with E-state index in [1.54, 1.807) is 0 Å². The first-order valence-corrected chi connectivity index (χ1v) is 5.64. The van der Waals surface area contributed by atoms with Gasteiger partial charge in [-0.25, -0.2) is 4.79 Å². The van der Waals surface area contributed by atoms with E-state index in [-0.39, 0.29) is 11.6 Å². The van der Waals surface area contributed by atoms with Crippen LogP contribution in [-0.4, -0.2) is 28.9 Å². The number of hydrogen-bond acceptors (Lipinski definition) is 2. The molecule has 1 saturated carbocycles. The Morgan fingerprint density at radius 2 is 2.20 bits per heavy atom. The van der Waals surface area contributed by atoms with Crippen molar-refractivity contribution >= 4 is 11.9 Å². The summed E-state index contributed by atoms with van der Waals surface area (Å²) >= 11 is 0. The standard InChI is InChI=1S/C11H19N3O/c1-7(2)6-14-10(15)13-9(12)11(14,3)8-4-5-8/h7-8H,4-6H2,1-3H3,(H2,12,13,15). The van der Waals surface area contributed by atoms with E-state index in [1.807, 2.05) is 11.8 Å². The van der Waals surface area contributed by atoms with Crippen LogP contribution in [-0.2, 0) is 0 Å². The molecule has 2 rings (SSSR count). The van der Waals surface area contributed by atoms with Crippen molar-refractivity contribution in [3.8, 4) is 0 Å². The van der Waals surface area contributed by atoms with Crippen molar-refractivity contribution in [2.24, 2.45) is 11.8 Å². The average Bonchev–Trinajstić information content (AvgIpc) is 2.92. The maximum absolute atomic E-state index is 11.7. The quantitative estimate of drug-likeness (QED) is 0.731. The summed E-state index contributed by atoms with van der Waals surface area (Å²) in [6, 6.07) is -0.0944. The molecule has 1 heterocycles. The van der Waals surface area contributed by atoms with Crippen LogP contribution < -0.4 is 5.32 Å². The van der Waals surface area contributed by atoms with Crippen molar-refractivity contribution in [2.75, 3.05) is 6.54 Å². The Hall–Kier alpha value is -1.06. The molecule has 84 valence electrons. The molecule has 1 aliphatic carbocycles. The minimum absolute atomic E-state index is 0.0944. The predicted octanol–water partition coefficient (Wildman–Crippen LogP) is 1.81. The van der Waals surface area contributed by atoms with Crippen molar-refractivity contribution in [3.63, 3.8) is 0 Å². The molecule has 0 aromatic carbocycles. The summed E-state index contributed by atoms with van der Waals surface area (Å²) in [5, 5.41) is 10.6. The van der Waals surface area contributed by atoms with Crippen LogP contribution >= 0.6 is 0 Å². The fraction of sp³-hybridized carbons (Fsp3) is 0.818. The highest BCUT2D eigenvalue weighted by atomic mass is 16.2. The van der Waals surface area contributed by atoms with Gasteiger partial charge in [0.25, 0.3) is 0 Å². The van der Waals surface area contributed by atoms with E-state index in [9.17, 15) is 4.79 Å². The third kappa shape index (κ3) is 1.52. The van der Waals surface area contributed by atoms with Gasteiger partial charge in [-0.3, -0.25) is 10.7 Å². The molecule has 1 unspecified atom stereocenters. The Kier molecular flexibility index (Phi) is 2.24. The molecule has 1 aliphatic heterocycles. The maximum atomic E-state index is 11.7. The number of carbonyl (C=O) groups is 1. The molecule has 1 saturated heterocycles. The molecular formula is C11H19N3O. The van der Waals surface area contributed by atoms with Gasteiger partial charge >= 0.3 is 6.03 Å². The fourth-order valence-electron chi connectivity index (χ4n) is 2.35. The number of carbonyl (C=O) groups excluding carboxylic acids is 1. The average molecular weight is 209 g/mol. The van der Waals surface area contributed by atoms with Crippen molar-refractivity contribution in [3.05, 3.63) is 0 Å². The van der Waals surface area contributed by atoms with Gasteiger partial charge in [-0.05, 0) is 31.6 Å². The number of hydrogen-bond donors (Lipinski definition) is 2. The number of amides is 2. The molecule has 1 atom stereocenters. The summed E-state index contributed by atoms with van der Waals surface area (Å²) in [5.74, 6) is 1.32. The van der Waals surface area contributed by atoms with Gasteiger partial charge in [0.2, 0.25) is 0 Å². The minimum atomic E-state index is -0.360. The molecular weight excluding hydrogens is 190 g/mol. The summed E-state index contributed by atoms with van der Waals surface area (Å²) in [7, 11) is 0. The number of rotatable bonds is 3. The van der Waals surface area contributed by atoms with Crippen LogP contribution in [0.25, 0.3) is 0 Å². The van der Waals surface area contributed by atoms with Crippen LogP contribution in [0.2, 0.25) is 0 Å². The van der Waals surface area contributed by atoms with E-state index >= 15 is 0 Å². The summed E-state index contributed by atoms with van der Waals surface area (Å²) in [6.45, 7) is 6.96. The molecule has 4 nitrogen and oxygen atoms in total. The fourth-order valence-corrected chi connectivity index (χ4v) is 2.35. The molecule has 0 radical (unpaired) electrons. The summed E-state index contributed by atoms with van der Waals surface area (Å²) < 4.78 is 0. The van der Waals surface area contributed by atoms with Gasteiger partial charge in [-0.15, -0.1) is 0 Å². The zero-order valence-corrected chi connectivity index (χ0v) is 9.63. The Morgan fingerprint density at radius 1 is 1.60 bits per heavy atom. The second-order valence-electron chi connectivity index (χ2n) is 5.23. The Labute approximate surface area is 90.5 Å². The second kappa shape index (κ2) is 3.22. The molecule has 0 aromatic rings. The number of urea groups is 1. The Bertz CT molecular complexity index is 309. The van der Waals surface area contributed by atoms with Gasteiger partial charge in [0.1, 0.15) is 11.4 Å². The van der Waals surface area contributed by atoms with E-state index in [4.69, 9.17) is 5.41 Å². The van der Waals surface area contributed by atoms with Crippen molar-refractivity contribution in [2.45, 2.75) is 39.2 Å². The van der Waals surface area contributed by atoms with Gasteiger partial charge in [-0.2, -0.15) is 0 Å². The monoisotopic (exact) mass is 209 g/mol. The molecule has 2 amide bonds. The van der Waals surface area contributed by atoms with Gasteiger partial charge in [-0.1, -0.05) is 13.8 Å². The van der Waals surface area contributed by atoms with Crippen LogP contribution in [0, 0.1) is 17.2 Å². The highest BCUT2D eigenvalue weighted by molar-refractivity contribution is 6.08. The van der Waals surface area contributed by atoms with Crippen molar-refractivity contribution in [1.82, 2.24) is 10.2 Å². The zero-order chi connectivity index (χ0) is 11.2. The van der Waals surface area contributed by atoms with E-state index < -0.39 is 0 Å². The lowest BCUT2D eigenvalue weighted by molar-refractivity contribution is 0.158. The second-order valence-corrected chi connectivity index (χ2v) is 5.23. The largest absolute Gasteiger partial charge is 0.323 e. The SMILES string of the molecule is CC(C)CN1C(=O)NC(=N)C1(C)C1CC1. The number of nitrogens with zero attached hydrogens (tertiary/aromatic N) is 1. The van der Waals surface area contributed by atoms with Crippen LogP contribution in [0.4, 0.5) is 4.79 Å². The predicted molar refractivity (Wildman–Crippen MR) is 58.9 cm³/mol. The number of amidine groups is 1. The summed E-state index contributed by atoms with van der Waals surface area (Å²) in [4.78, 5) is 13.6. The van der Waals surface area contributed by atoms with E-state index in [0.29, 0.717) is 17.7 Å². The van der Waals surface area contributed by atoms with E-state index in [2.05, 4.69) is 19.2 Å². The smallest absolute Gasteiger partial charge is 0.311 e. The molecule has 2 N–H and O–H groups in total. The lowest BCUT2D eigenvalue weighted by Gasteiger charge is -2.34. The van der Waals surface area contributed by atoms with Crippen LogP contribution in [0.1, 0.15) is 33.6 Å². The lowest BCUT2D eigenvalue weighted by atomic mass is 9.93. The van der Waals surface area contributed by atoms with E-state index in [1.165, 1.54) is 0 Å². The molecule has 2 aliphatic rings. The zero-order valence-electron chi connectivity index (χ0n) is 9.63. The third-order valence-electron chi connectivity index (χ3n) is 3.46. The van der Waals surface area contributed by atoms with Gasteiger partial charge < -0.3 is 4.90 Å². The topological polar surface area (TPSA) is 56.2 Å². The lowest BCUT2D eigenvalue weighted by Crippen LogP contribution is -2.50. The number of nitrogens with one attached hydrogen (secondary N) is 2. The van der Waals surface area contributed by atoms with E-state index in [0.717, 1.165) is 19.4 Å². The Morgan fingerprint density at radius 3 is 2.67 bits per heavy atom. The van der Waals surface area contributed by atoms with Crippen molar-refractivity contribution < 1.29 is 4.79 Å². The first kappa shape index (κ1) is 10.5. The van der Waals surface area contributed by atoms with Crippen LogP contribution in [0.5, 0.6) is 0 Å². The first-order valence-electron chi connectivity index (χ1n) is 5.64. The van der Waals surface area contributed by atoms with Crippen molar-refractivity contribution in [1.29, 1.82) is 5.41 Å². The normalized spacial score (nSPS) is 31.3. The molecule has 15 heavy (non-hydrogen) atoms. The minimum Gasteiger partial charge on any atom is -0.311 e. The summed E-state index contributed by atoms with van der Waals surface area (Å²) in [6.07, 6.45) is 2.28. The molecule has 4 heteroatoms. The molecule has 0 spiro atoms. The summed E-state index contributed by atoms with van der Waals surface area (Å²) in [5.41, 5.74) is -0.360. The van der Waals surface area contributed by atoms with Crippen LogP contribution in [0.15, 0.2) is 0 Å². The highest BCUT2D eigenvalue weighted by Crippen LogP contribution is 2.45. The molecule has 2 fully saturated rings. The molecule has 0 aromatic heterocycles. The molecule has 0 bridgehead atoms. The van der Waals surface area contributed by atoms with Gasteiger partial charge in [0, 0.05) is 6.54 Å². The third-order valence-corrected chi connectivity index (χ3v) is 3.46.